The van der Waals surface area contributed by atoms with Crippen molar-refractivity contribution in [3.8, 4) is 5.75 Å². The van der Waals surface area contributed by atoms with Crippen molar-refractivity contribution in [1.29, 1.82) is 0 Å². The van der Waals surface area contributed by atoms with E-state index in [1.807, 2.05) is 60.1 Å². The Morgan fingerprint density at radius 1 is 1.21 bits per heavy atom. The molecule has 29 heavy (non-hydrogen) atoms. The van der Waals surface area contributed by atoms with Crippen LogP contribution in [-0.4, -0.2) is 50.9 Å². The Kier molecular flexibility index (Phi) is 7.17. The Morgan fingerprint density at radius 2 is 2.00 bits per heavy atom. The number of ether oxygens (including phenoxy) is 1. The third-order valence-electron chi connectivity index (χ3n) is 4.81. The van der Waals surface area contributed by atoms with Gasteiger partial charge < -0.3 is 19.9 Å². The minimum Gasteiger partial charge on any atom is -0.497 e. The number of nitrogens with zero attached hydrogens (tertiary/aromatic N) is 1. The van der Waals surface area contributed by atoms with E-state index >= 15 is 0 Å². The quantitative estimate of drug-likeness (QED) is 0.760. The number of para-hydroxylation sites is 1. The van der Waals surface area contributed by atoms with E-state index in [1.165, 1.54) is 0 Å². The molecule has 0 saturated carbocycles. The van der Waals surface area contributed by atoms with E-state index in [0.717, 1.165) is 21.9 Å². The van der Waals surface area contributed by atoms with Crippen LogP contribution in [0.4, 0.5) is 11.4 Å². The highest BCUT2D eigenvalue weighted by molar-refractivity contribution is 8.00. The first kappa shape index (κ1) is 21.2. The van der Waals surface area contributed by atoms with Crippen molar-refractivity contribution in [2.45, 2.75) is 23.5 Å². The van der Waals surface area contributed by atoms with Crippen molar-refractivity contribution < 1.29 is 19.2 Å². The van der Waals surface area contributed by atoms with Crippen LogP contribution < -0.4 is 19.9 Å². The molecule has 6 nitrogen and oxygen atoms in total. The maximum absolute atomic E-state index is 13.0. The fourth-order valence-corrected chi connectivity index (χ4v) is 4.45. The number of amides is 2. The topological polar surface area (TPSA) is 63.1 Å². The van der Waals surface area contributed by atoms with Gasteiger partial charge in [0.2, 0.25) is 0 Å². The van der Waals surface area contributed by atoms with Crippen LogP contribution in [0.15, 0.2) is 53.4 Å². The molecule has 1 aliphatic heterocycles. The van der Waals surface area contributed by atoms with E-state index in [1.54, 1.807) is 13.2 Å². The first-order valence-corrected chi connectivity index (χ1v) is 10.7. The van der Waals surface area contributed by atoms with Crippen LogP contribution in [-0.2, 0) is 9.59 Å². The van der Waals surface area contributed by atoms with E-state index in [2.05, 4.69) is 18.3 Å². The van der Waals surface area contributed by atoms with Crippen molar-refractivity contribution >= 4 is 35.0 Å². The van der Waals surface area contributed by atoms with Gasteiger partial charge in [-0.2, -0.15) is 0 Å². The molecule has 1 heterocycles. The number of hydrogen-bond donors (Lipinski definition) is 2. The molecule has 1 unspecified atom stereocenters. The zero-order valence-electron chi connectivity index (χ0n) is 17.1. The first-order valence-electron chi connectivity index (χ1n) is 9.77. The van der Waals surface area contributed by atoms with Gasteiger partial charge in [0.1, 0.15) is 5.75 Å². The monoisotopic (exact) mass is 414 g/mol. The van der Waals surface area contributed by atoms with E-state index in [-0.39, 0.29) is 24.9 Å². The van der Waals surface area contributed by atoms with Gasteiger partial charge in [0.25, 0.3) is 11.8 Å². The number of fused-ring (bicyclic) bond motifs is 1. The number of anilines is 2. The number of carbonyl (C=O) groups excluding carboxylic acids is 2. The second-order valence-corrected chi connectivity index (χ2v) is 8.80. The average molecular weight is 415 g/mol. The highest BCUT2D eigenvalue weighted by atomic mass is 32.2. The number of likely N-dealkylation sites (N-methyl/N-ethyl adjacent to an activating group) is 1. The van der Waals surface area contributed by atoms with Crippen molar-refractivity contribution in [2.24, 2.45) is 0 Å². The lowest BCUT2D eigenvalue weighted by atomic mass is 10.2. The molecule has 0 bridgehead atoms. The number of nitrogens with one attached hydrogen (secondary N) is 2. The van der Waals surface area contributed by atoms with Crippen molar-refractivity contribution in [2.75, 3.05) is 44.0 Å². The highest BCUT2D eigenvalue weighted by Crippen LogP contribution is 2.37. The number of carbonyl (C=O) groups is 2. The molecule has 2 amide bonds. The predicted molar refractivity (Wildman–Crippen MR) is 117 cm³/mol. The summed E-state index contributed by atoms with van der Waals surface area (Å²) < 4.78 is 5.18. The van der Waals surface area contributed by atoms with Gasteiger partial charge in [-0.15, -0.1) is 11.8 Å². The Hall–Kier alpha value is -2.51. The van der Waals surface area contributed by atoms with Gasteiger partial charge in [0.15, 0.2) is 13.1 Å². The van der Waals surface area contributed by atoms with Gasteiger partial charge in [0.05, 0.1) is 19.8 Å². The van der Waals surface area contributed by atoms with Crippen LogP contribution in [0.1, 0.15) is 13.3 Å². The maximum atomic E-state index is 13.0. The normalized spacial score (nSPS) is 17.1. The van der Waals surface area contributed by atoms with Crippen molar-refractivity contribution in [1.82, 2.24) is 0 Å². The fraction of sp³-hybridized carbons (Fsp3) is 0.364. The van der Waals surface area contributed by atoms with Gasteiger partial charge in [-0.3, -0.25) is 9.59 Å². The van der Waals surface area contributed by atoms with Crippen molar-refractivity contribution in [3.63, 3.8) is 0 Å². The summed E-state index contributed by atoms with van der Waals surface area (Å²) in [6, 6.07) is 15.3. The molecule has 2 aromatic rings. The first-order chi connectivity index (χ1) is 14.0. The van der Waals surface area contributed by atoms with Crippen LogP contribution in [0.3, 0.4) is 0 Å². The van der Waals surface area contributed by atoms with Gasteiger partial charge >= 0.3 is 0 Å². The molecule has 3 rings (SSSR count). The molecule has 154 valence electrons. The van der Waals surface area contributed by atoms with Gasteiger partial charge in [-0.1, -0.05) is 25.1 Å². The van der Waals surface area contributed by atoms with Gasteiger partial charge in [-0.05, 0) is 30.7 Å². The lowest BCUT2D eigenvalue weighted by Crippen LogP contribution is -3.11. The smallest absolute Gasteiger partial charge is 0.282 e. The summed E-state index contributed by atoms with van der Waals surface area (Å²) in [7, 11) is 3.45. The molecule has 0 radical (unpaired) electrons. The van der Waals surface area contributed by atoms with Crippen LogP contribution in [0.25, 0.3) is 0 Å². The summed E-state index contributed by atoms with van der Waals surface area (Å²) in [6.45, 7) is 3.37. The van der Waals surface area contributed by atoms with Crippen LogP contribution >= 0.6 is 11.8 Å². The molecule has 7 heteroatoms. The second-order valence-electron chi connectivity index (χ2n) is 7.32. The van der Waals surface area contributed by atoms with Gasteiger partial charge in [-0.25, -0.2) is 0 Å². The molecule has 1 aliphatic rings. The van der Waals surface area contributed by atoms with Crippen LogP contribution in [0, 0.1) is 0 Å². The summed E-state index contributed by atoms with van der Waals surface area (Å²) in [5, 5.41) is 3.33. The molecule has 2 aromatic carbocycles. The molecule has 0 aliphatic carbocycles. The molecule has 2 atom stereocenters. The Labute approximate surface area is 176 Å². The molecule has 0 saturated heterocycles. The summed E-state index contributed by atoms with van der Waals surface area (Å²) in [5.41, 5.74) is 1.65. The number of benzene rings is 2. The van der Waals surface area contributed by atoms with E-state index in [9.17, 15) is 9.59 Å². The van der Waals surface area contributed by atoms with Gasteiger partial charge in [0, 0.05) is 28.4 Å². The lowest BCUT2D eigenvalue weighted by molar-refractivity contribution is -0.862. The molecule has 0 spiro atoms. The molecule has 0 aromatic heterocycles. The average Bonchev–Trinajstić information content (AvgIpc) is 2.86. The molecule has 0 fully saturated rings. The van der Waals surface area contributed by atoms with E-state index in [4.69, 9.17) is 4.74 Å². The highest BCUT2D eigenvalue weighted by Gasteiger charge is 2.26. The van der Waals surface area contributed by atoms with E-state index < -0.39 is 0 Å². The largest absolute Gasteiger partial charge is 0.497 e. The second kappa shape index (κ2) is 9.80. The standard InChI is InChI=1S/C22H27N3O3S/c1-16-11-12-25(19-9-4-5-10-20(19)29-16)22(27)15-24(2)14-21(26)23-17-7-6-8-18(13-17)28-3/h4-10,13,16H,11-12,14-15H2,1-3H3,(H,23,26)/p+1/t16-/m0/s1. The number of hydrogen-bond acceptors (Lipinski definition) is 4. The minimum absolute atomic E-state index is 0.0406. The molecule has 2 N–H and O–H groups in total. The maximum Gasteiger partial charge on any atom is 0.282 e. The lowest BCUT2D eigenvalue weighted by Gasteiger charge is -2.24. The SMILES string of the molecule is COc1cccc(NC(=O)C[NH+](C)CC(=O)N2CC[C@H](C)Sc3ccccc32)c1. The Bertz CT molecular complexity index is 874. The Balaban J connectivity index is 1.59. The third kappa shape index (κ3) is 5.74. The predicted octanol–water partition coefficient (Wildman–Crippen LogP) is 2.07. The third-order valence-corrected chi connectivity index (χ3v) is 6.05. The summed E-state index contributed by atoms with van der Waals surface area (Å²) in [4.78, 5) is 29.2. The zero-order chi connectivity index (χ0) is 20.8. The number of thioether (sulfide) groups is 1. The van der Waals surface area contributed by atoms with E-state index in [0.29, 0.717) is 23.2 Å². The summed E-state index contributed by atoms with van der Waals surface area (Å²) in [6.07, 6.45) is 0.945. The number of quaternary nitrogens is 1. The molecular weight excluding hydrogens is 386 g/mol. The number of methoxy groups -OCH3 is 1. The van der Waals surface area contributed by atoms with Crippen molar-refractivity contribution in [3.05, 3.63) is 48.5 Å². The van der Waals surface area contributed by atoms with Crippen LogP contribution in [0.2, 0.25) is 0 Å². The summed E-state index contributed by atoms with van der Waals surface area (Å²) >= 11 is 1.81. The Morgan fingerprint density at radius 3 is 2.79 bits per heavy atom. The number of rotatable bonds is 6. The zero-order valence-corrected chi connectivity index (χ0v) is 17.9. The fourth-order valence-electron chi connectivity index (χ4n) is 3.34. The van der Waals surface area contributed by atoms with Crippen LogP contribution in [0.5, 0.6) is 5.75 Å². The summed E-state index contributed by atoms with van der Waals surface area (Å²) in [5.74, 6) is 0.591. The minimum atomic E-state index is -0.135. The molecular formula is C22H28N3O3S+.